The first-order valence-corrected chi connectivity index (χ1v) is 6.47. The lowest BCUT2D eigenvalue weighted by Gasteiger charge is -2.20. The fourth-order valence-corrected chi connectivity index (χ4v) is 1.66. The third kappa shape index (κ3) is 5.50. The molecule has 1 heterocycles. The van der Waals surface area contributed by atoms with Gasteiger partial charge in [0.1, 0.15) is 5.60 Å². The monoisotopic (exact) mass is 318 g/mol. The number of hydrogen-bond donors (Lipinski definition) is 3. The van der Waals surface area contributed by atoms with Crippen LogP contribution in [0.15, 0.2) is 10.7 Å². The first-order valence-electron chi connectivity index (χ1n) is 5.68. The Morgan fingerprint density at radius 2 is 2.33 bits per heavy atom. The summed E-state index contributed by atoms with van der Waals surface area (Å²) in [4.78, 5) is 11.4. The lowest BCUT2D eigenvalue weighted by molar-refractivity contribution is 0.0524. The quantitative estimate of drug-likeness (QED) is 0.785. The molecule has 0 aliphatic carbocycles. The number of aromatic nitrogens is 2. The highest BCUT2D eigenvalue weighted by Crippen LogP contribution is 2.13. The van der Waals surface area contributed by atoms with Crippen LogP contribution in [0.5, 0.6) is 0 Å². The molecule has 0 aromatic carbocycles. The average molecular weight is 319 g/mol. The molecule has 1 aromatic heterocycles. The topological polar surface area (TPSA) is 93.0 Å². The summed E-state index contributed by atoms with van der Waals surface area (Å²) in [7, 11) is 0. The molecule has 0 bridgehead atoms. The fourth-order valence-electron chi connectivity index (χ4n) is 1.30. The number of nitrogens with two attached hydrogens (primary N) is 1. The second-order valence-electron chi connectivity index (χ2n) is 5.04. The average Bonchev–Trinajstić information content (AvgIpc) is 2.59. The van der Waals surface area contributed by atoms with Gasteiger partial charge in [-0.25, -0.2) is 4.79 Å². The summed E-state index contributed by atoms with van der Waals surface area (Å²) in [5, 5.41) is 9.36. The van der Waals surface area contributed by atoms with Crippen LogP contribution in [0, 0.1) is 0 Å². The van der Waals surface area contributed by atoms with E-state index in [0.717, 1.165) is 10.2 Å². The van der Waals surface area contributed by atoms with Crippen molar-refractivity contribution in [1.82, 2.24) is 15.5 Å². The van der Waals surface area contributed by atoms with Crippen LogP contribution in [0.25, 0.3) is 0 Å². The number of nitrogens with zero attached hydrogens (tertiary/aromatic N) is 1. The van der Waals surface area contributed by atoms with Gasteiger partial charge in [0.2, 0.25) is 0 Å². The first-order chi connectivity index (χ1) is 8.28. The number of nitrogens with one attached hydrogen (secondary N) is 2. The number of carbonyl (C=O) groups is 1. The van der Waals surface area contributed by atoms with Gasteiger partial charge in [0.05, 0.1) is 16.4 Å². The van der Waals surface area contributed by atoms with Crippen molar-refractivity contribution in [3.05, 3.63) is 16.4 Å². The zero-order chi connectivity index (χ0) is 13.8. The van der Waals surface area contributed by atoms with Crippen molar-refractivity contribution in [3.8, 4) is 0 Å². The summed E-state index contributed by atoms with van der Waals surface area (Å²) in [6, 6.07) is -0.200. The van der Waals surface area contributed by atoms with Crippen molar-refractivity contribution in [2.45, 2.75) is 38.8 Å². The number of alkyl carbamates (subject to hydrolysis) is 1. The van der Waals surface area contributed by atoms with Gasteiger partial charge in [-0.2, -0.15) is 5.10 Å². The summed E-state index contributed by atoms with van der Waals surface area (Å²) >= 11 is 3.35. The molecule has 102 valence electrons. The van der Waals surface area contributed by atoms with Crippen molar-refractivity contribution in [3.63, 3.8) is 0 Å². The molecule has 7 heteroatoms. The summed E-state index contributed by atoms with van der Waals surface area (Å²) in [5.41, 5.74) is 6.32. The van der Waals surface area contributed by atoms with Crippen LogP contribution in [-0.2, 0) is 11.2 Å². The number of hydrogen-bond acceptors (Lipinski definition) is 4. The highest BCUT2D eigenvalue weighted by molar-refractivity contribution is 9.10. The lowest BCUT2D eigenvalue weighted by atomic mass is 10.2. The van der Waals surface area contributed by atoms with Crippen LogP contribution in [0.4, 0.5) is 4.79 Å². The lowest BCUT2D eigenvalue weighted by Crippen LogP contribution is -2.41. The summed E-state index contributed by atoms with van der Waals surface area (Å²) in [6.07, 6.45) is 1.81. The van der Waals surface area contributed by atoms with Crippen molar-refractivity contribution in [2.75, 3.05) is 6.54 Å². The summed E-state index contributed by atoms with van der Waals surface area (Å²) < 4.78 is 6.00. The van der Waals surface area contributed by atoms with Gasteiger partial charge in [-0.05, 0) is 36.7 Å². The van der Waals surface area contributed by atoms with E-state index in [9.17, 15) is 4.79 Å². The molecule has 0 aliphatic rings. The summed E-state index contributed by atoms with van der Waals surface area (Å²) in [5.74, 6) is 0. The van der Waals surface area contributed by atoms with E-state index in [1.54, 1.807) is 6.20 Å². The zero-order valence-electron chi connectivity index (χ0n) is 10.8. The Kier molecular flexibility index (Phi) is 5.15. The van der Waals surface area contributed by atoms with E-state index >= 15 is 0 Å². The third-order valence-corrected chi connectivity index (χ3v) is 2.72. The van der Waals surface area contributed by atoms with Gasteiger partial charge in [-0.15, -0.1) is 0 Å². The zero-order valence-corrected chi connectivity index (χ0v) is 12.4. The number of ether oxygens (including phenoxy) is 1. The van der Waals surface area contributed by atoms with Gasteiger partial charge in [0.15, 0.2) is 0 Å². The van der Waals surface area contributed by atoms with Gasteiger partial charge in [-0.3, -0.25) is 5.10 Å². The van der Waals surface area contributed by atoms with E-state index in [-0.39, 0.29) is 6.04 Å². The second kappa shape index (κ2) is 6.19. The van der Waals surface area contributed by atoms with E-state index < -0.39 is 11.7 Å². The molecule has 0 fully saturated rings. The smallest absolute Gasteiger partial charge is 0.407 e. The molecule has 1 amide bonds. The van der Waals surface area contributed by atoms with E-state index in [0.29, 0.717) is 13.0 Å². The molecule has 4 N–H and O–H groups in total. The Hall–Kier alpha value is -1.08. The predicted molar refractivity (Wildman–Crippen MR) is 72.2 cm³/mol. The third-order valence-electron chi connectivity index (χ3n) is 2.04. The molecule has 0 aliphatic heterocycles. The van der Waals surface area contributed by atoms with Crippen LogP contribution in [0.1, 0.15) is 26.5 Å². The van der Waals surface area contributed by atoms with Gasteiger partial charge in [-0.1, -0.05) is 0 Å². The predicted octanol–water partition coefficient (Wildman–Crippen LogP) is 1.57. The minimum atomic E-state index is -0.499. The minimum absolute atomic E-state index is 0.200. The molecular formula is C11H19BrN4O2. The Balaban J connectivity index is 2.31. The van der Waals surface area contributed by atoms with E-state index in [4.69, 9.17) is 10.5 Å². The molecule has 18 heavy (non-hydrogen) atoms. The van der Waals surface area contributed by atoms with Crippen LogP contribution in [-0.4, -0.2) is 34.5 Å². The Labute approximate surface area is 115 Å². The van der Waals surface area contributed by atoms with Crippen molar-refractivity contribution in [2.24, 2.45) is 5.73 Å². The molecule has 1 rings (SSSR count). The van der Waals surface area contributed by atoms with Gasteiger partial charge >= 0.3 is 6.09 Å². The van der Waals surface area contributed by atoms with Crippen LogP contribution < -0.4 is 11.1 Å². The Bertz CT molecular complexity index is 400. The first kappa shape index (κ1) is 15.0. The molecule has 0 saturated carbocycles. The van der Waals surface area contributed by atoms with Crippen LogP contribution in [0.3, 0.4) is 0 Å². The van der Waals surface area contributed by atoms with Crippen LogP contribution in [0.2, 0.25) is 0 Å². The molecule has 0 spiro atoms. The maximum atomic E-state index is 11.4. The van der Waals surface area contributed by atoms with Gasteiger partial charge in [0, 0.05) is 19.0 Å². The largest absolute Gasteiger partial charge is 0.444 e. The molecule has 1 aromatic rings. The SMILES string of the molecule is CC(C)(C)OC(=O)NCC(N)Cc1[nH]ncc1Br. The van der Waals surface area contributed by atoms with E-state index in [2.05, 4.69) is 31.4 Å². The number of halogens is 1. The normalized spacial score (nSPS) is 13.2. The van der Waals surface area contributed by atoms with Gasteiger partial charge < -0.3 is 15.8 Å². The number of H-pyrrole nitrogens is 1. The Morgan fingerprint density at radius 1 is 1.67 bits per heavy atom. The Morgan fingerprint density at radius 3 is 2.83 bits per heavy atom. The number of rotatable bonds is 4. The van der Waals surface area contributed by atoms with Crippen LogP contribution >= 0.6 is 15.9 Å². The number of carbonyl (C=O) groups excluding carboxylic acids is 1. The second-order valence-corrected chi connectivity index (χ2v) is 5.90. The maximum absolute atomic E-state index is 11.4. The molecule has 0 saturated heterocycles. The summed E-state index contributed by atoms with van der Waals surface area (Å²) in [6.45, 7) is 5.79. The van der Waals surface area contributed by atoms with Crippen molar-refractivity contribution >= 4 is 22.0 Å². The molecule has 6 nitrogen and oxygen atoms in total. The minimum Gasteiger partial charge on any atom is -0.444 e. The highest BCUT2D eigenvalue weighted by atomic mass is 79.9. The molecule has 1 unspecified atom stereocenters. The molecule has 0 radical (unpaired) electrons. The fraction of sp³-hybridized carbons (Fsp3) is 0.636. The van der Waals surface area contributed by atoms with Crippen molar-refractivity contribution in [1.29, 1.82) is 0 Å². The van der Waals surface area contributed by atoms with Gasteiger partial charge in [0.25, 0.3) is 0 Å². The van der Waals surface area contributed by atoms with E-state index in [1.165, 1.54) is 0 Å². The molecule has 1 atom stereocenters. The molecular weight excluding hydrogens is 300 g/mol. The van der Waals surface area contributed by atoms with Crippen molar-refractivity contribution < 1.29 is 9.53 Å². The number of amides is 1. The maximum Gasteiger partial charge on any atom is 0.407 e. The standard InChI is InChI=1S/C11H19BrN4O2/c1-11(2,3)18-10(17)14-5-7(13)4-9-8(12)6-15-16-9/h6-7H,4-5,13H2,1-3H3,(H,14,17)(H,15,16). The highest BCUT2D eigenvalue weighted by Gasteiger charge is 2.17. The van der Waals surface area contributed by atoms with E-state index in [1.807, 2.05) is 20.8 Å². The number of aromatic amines is 1.